The lowest BCUT2D eigenvalue weighted by molar-refractivity contribution is 0.585. The molecule has 0 amide bonds. The van der Waals surface area contributed by atoms with Crippen LogP contribution in [0.4, 0.5) is 9.41 Å². The van der Waals surface area contributed by atoms with Gasteiger partial charge in [-0.1, -0.05) is 58.3 Å². The summed E-state index contributed by atoms with van der Waals surface area (Å²) < 4.78 is 0. The van der Waals surface area contributed by atoms with E-state index in [-0.39, 0.29) is 9.41 Å². The molecule has 3 heteroatoms. The van der Waals surface area contributed by atoms with E-state index in [9.17, 15) is 0 Å². The molecule has 13 heavy (non-hydrogen) atoms. The van der Waals surface area contributed by atoms with Gasteiger partial charge in [-0.3, -0.25) is 9.41 Å². The number of halogens is 2. The first-order chi connectivity index (χ1) is 5.41. The molecule has 0 aromatic heterocycles. The van der Waals surface area contributed by atoms with Crippen molar-refractivity contribution in [2.75, 3.05) is 0 Å². The summed E-state index contributed by atoms with van der Waals surface area (Å²) in [5, 5.41) is 1.51. The standard InChI is InChI=1S/C10H21.Al.2FH.2H/c1-3-5-7-9-10-8-6-4-2;;;;;/h1,3-10H2,2H3;;2*1H;;. The van der Waals surface area contributed by atoms with Crippen LogP contribution in [-0.2, 0) is 0 Å². The minimum atomic E-state index is 0. The zero-order valence-electron chi connectivity index (χ0n) is 9.18. The normalized spacial score (nSPS) is 8.69. The van der Waals surface area contributed by atoms with Crippen molar-refractivity contribution in [2.45, 2.75) is 63.6 Å². The van der Waals surface area contributed by atoms with Gasteiger partial charge in [0, 0.05) is 0 Å². The molecule has 0 aliphatic rings. The van der Waals surface area contributed by atoms with Crippen LogP contribution in [0.15, 0.2) is 0 Å². The second-order valence-corrected chi connectivity index (χ2v) is 4.47. The molecular formula is C10H25AlF2. The quantitative estimate of drug-likeness (QED) is 0.425. The fourth-order valence-corrected chi connectivity index (χ4v) is 1.88. The molecule has 0 unspecified atom stereocenters. The van der Waals surface area contributed by atoms with Gasteiger partial charge in [-0.2, -0.15) is 0 Å². The van der Waals surface area contributed by atoms with Gasteiger partial charge < -0.3 is 0 Å². The van der Waals surface area contributed by atoms with Gasteiger partial charge in [0.1, 0.15) is 0 Å². The summed E-state index contributed by atoms with van der Waals surface area (Å²) in [7, 11) is 0. The van der Waals surface area contributed by atoms with E-state index in [0.29, 0.717) is 0 Å². The molecule has 0 saturated carbocycles. The minimum Gasteiger partial charge on any atom is -0.269 e. The number of unbranched alkanes of at least 4 members (excludes halogenated alkanes) is 7. The summed E-state index contributed by atoms with van der Waals surface area (Å²) in [6, 6.07) is 0. The van der Waals surface area contributed by atoms with Gasteiger partial charge in [0.2, 0.25) is 16.3 Å². The Labute approximate surface area is 89.6 Å². The van der Waals surface area contributed by atoms with Crippen LogP contribution in [0.25, 0.3) is 0 Å². The maximum absolute atomic E-state index is 2.28. The lowest BCUT2D eigenvalue weighted by Gasteiger charge is -1.99. The van der Waals surface area contributed by atoms with Crippen LogP contribution in [0.5, 0.6) is 0 Å². The lowest BCUT2D eigenvalue weighted by atomic mass is 10.1. The highest BCUT2D eigenvalue weighted by Gasteiger charge is 1.89. The predicted molar refractivity (Wildman–Crippen MR) is 61.0 cm³/mol. The lowest BCUT2D eigenvalue weighted by Crippen LogP contribution is -1.79. The summed E-state index contributed by atoms with van der Waals surface area (Å²) >= 11 is 1.41. The molecule has 82 valence electrons. The monoisotopic (exact) mass is 210 g/mol. The van der Waals surface area contributed by atoms with Gasteiger partial charge in [-0.05, 0) is 0 Å². The molecule has 0 nitrogen and oxygen atoms in total. The molecule has 0 spiro atoms. The van der Waals surface area contributed by atoms with Crippen molar-refractivity contribution in [1.82, 2.24) is 0 Å². The van der Waals surface area contributed by atoms with Crippen molar-refractivity contribution in [2.24, 2.45) is 0 Å². The Kier molecular flexibility index (Phi) is 26.7. The van der Waals surface area contributed by atoms with Crippen molar-refractivity contribution in [3.8, 4) is 0 Å². The highest BCUT2D eigenvalue weighted by molar-refractivity contribution is 6.08. The average Bonchev–Trinajstić information content (AvgIpc) is 2.03. The van der Waals surface area contributed by atoms with E-state index in [2.05, 4.69) is 6.92 Å². The maximum Gasteiger partial charge on any atom is 0.211 e. The molecule has 0 aliphatic carbocycles. The first kappa shape index (κ1) is 19.0. The van der Waals surface area contributed by atoms with Gasteiger partial charge in [-0.25, -0.2) is 0 Å². The van der Waals surface area contributed by atoms with E-state index in [1.165, 1.54) is 72.9 Å². The Hall–Kier alpha value is 0.392. The first-order valence-electron chi connectivity index (χ1n) is 5.41. The summed E-state index contributed by atoms with van der Waals surface area (Å²) in [5.41, 5.74) is 0. The summed E-state index contributed by atoms with van der Waals surface area (Å²) in [4.78, 5) is 0. The van der Waals surface area contributed by atoms with Gasteiger partial charge in [0.05, 0.1) is 0 Å². The Balaban J connectivity index is -0.000000500. The molecule has 0 aromatic rings. The molecular weight excluding hydrogens is 185 g/mol. The van der Waals surface area contributed by atoms with Crippen LogP contribution >= 0.6 is 0 Å². The largest absolute Gasteiger partial charge is 0.269 e. The molecule has 0 aromatic carbocycles. The third kappa shape index (κ3) is 19.0. The van der Waals surface area contributed by atoms with Gasteiger partial charge in [0.15, 0.2) is 0 Å². The summed E-state index contributed by atoms with van der Waals surface area (Å²) in [6.07, 6.45) is 11.7. The van der Waals surface area contributed by atoms with E-state index in [4.69, 9.17) is 0 Å². The molecule has 0 atom stereocenters. The summed E-state index contributed by atoms with van der Waals surface area (Å²) in [5.74, 6) is 0. The van der Waals surface area contributed by atoms with Crippen molar-refractivity contribution >= 4 is 16.3 Å². The maximum atomic E-state index is 2.28. The molecule has 0 rings (SSSR count). The van der Waals surface area contributed by atoms with E-state index < -0.39 is 0 Å². The van der Waals surface area contributed by atoms with Gasteiger partial charge in [0.25, 0.3) is 0 Å². The number of hydrogen-bond acceptors (Lipinski definition) is 0. The van der Waals surface area contributed by atoms with E-state index in [0.717, 1.165) is 0 Å². The Morgan fingerprint density at radius 1 is 0.692 bits per heavy atom. The van der Waals surface area contributed by atoms with Gasteiger partial charge >= 0.3 is 0 Å². The predicted octanol–water partition coefficient (Wildman–Crippen LogP) is 3.48. The first-order valence-corrected chi connectivity index (χ1v) is 6.83. The van der Waals surface area contributed by atoms with Crippen LogP contribution in [0.1, 0.15) is 58.3 Å². The molecule has 0 saturated heterocycles. The van der Waals surface area contributed by atoms with Crippen molar-refractivity contribution in [3.05, 3.63) is 0 Å². The Morgan fingerprint density at radius 2 is 1.08 bits per heavy atom. The van der Waals surface area contributed by atoms with Crippen LogP contribution in [0, 0.1) is 0 Å². The minimum absolute atomic E-state index is 0. The van der Waals surface area contributed by atoms with Crippen LogP contribution < -0.4 is 0 Å². The second kappa shape index (κ2) is 18.2. The highest BCUT2D eigenvalue weighted by Crippen LogP contribution is 2.08. The molecule has 0 bridgehead atoms. The molecule has 0 aliphatic heterocycles. The SMILES string of the molecule is CCCCCCCCC[CH2][AlH2].F.F. The van der Waals surface area contributed by atoms with E-state index in [1.54, 1.807) is 0 Å². The number of rotatable bonds is 8. The zero-order valence-corrected chi connectivity index (χ0v) is 11.2. The Morgan fingerprint density at radius 3 is 1.46 bits per heavy atom. The van der Waals surface area contributed by atoms with E-state index in [1.807, 2.05) is 0 Å². The fraction of sp³-hybridized carbons (Fsp3) is 1.00. The van der Waals surface area contributed by atoms with Gasteiger partial charge in [-0.15, -0.1) is 5.28 Å². The van der Waals surface area contributed by atoms with Crippen LogP contribution in [0.2, 0.25) is 5.28 Å². The average molecular weight is 210 g/mol. The third-order valence-corrected chi connectivity index (χ3v) is 2.91. The zero-order chi connectivity index (χ0) is 8.36. The van der Waals surface area contributed by atoms with Crippen LogP contribution in [0.3, 0.4) is 0 Å². The summed E-state index contributed by atoms with van der Waals surface area (Å²) in [6.45, 7) is 2.28. The van der Waals surface area contributed by atoms with Crippen molar-refractivity contribution in [1.29, 1.82) is 0 Å². The second-order valence-electron chi connectivity index (χ2n) is 3.47. The topological polar surface area (TPSA) is 0 Å². The number of hydrogen-bond donors (Lipinski definition) is 0. The smallest absolute Gasteiger partial charge is 0.211 e. The fourth-order valence-electron chi connectivity index (χ4n) is 1.38. The van der Waals surface area contributed by atoms with Crippen molar-refractivity contribution in [3.63, 3.8) is 0 Å². The molecule has 0 radical (unpaired) electrons. The van der Waals surface area contributed by atoms with Crippen LogP contribution in [-0.4, -0.2) is 16.3 Å². The molecule has 0 heterocycles. The molecule has 0 N–H and O–H groups in total. The van der Waals surface area contributed by atoms with Crippen molar-refractivity contribution < 1.29 is 9.41 Å². The Bertz CT molecular complexity index is 61.9. The third-order valence-electron chi connectivity index (χ3n) is 2.21. The molecule has 0 fully saturated rings. The highest BCUT2D eigenvalue weighted by atomic mass is 27.0. The van der Waals surface area contributed by atoms with E-state index >= 15 is 0 Å².